The first-order valence-electron chi connectivity index (χ1n) is 25.8. The molecular formula is C69H72N6. The average Bonchev–Trinajstić information content (AvgIpc) is 3.38. The van der Waals surface area contributed by atoms with Crippen LogP contribution >= 0.6 is 0 Å². The van der Waals surface area contributed by atoms with Crippen molar-refractivity contribution >= 4 is 69.8 Å². The minimum atomic E-state index is 1.05. The minimum Gasteiger partial charge on any atom is -0.355 e. The number of para-hydroxylation sites is 9. The number of nitrogens with zero attached hydrogens (tertiary/aromatic N) is 3. The Hall–Kier alpha value is -8.61. The second-order valence-electron chi connectivity index (χ2n) is 19.4. The molecule has 9 aromatic rings. The first-order chi connectivity index (χ1) is 36.2. The zero-order valence-corrected chi connectivity index (χ0v) is 45.9. The molecule has 378 valence electrons. The Morgan fingerprint density at radius 3 is 0.627 bits per heavy atom. The first-order valence-corrected chi connectivity index (χ1v) is 25.8. The van der Waals surface area contributed by atoms with Crippen LogP contribution in [0.3, 0.4) is 0 Å². The third-order valence-corrected chi connectivity index (χ3v) is 13.4. The predicted molar refractivity (Wildman–Crippen MR) is 326 cm³/mol. The largest absolute Gasteiger partial charge is 0.355 e. The normalized spacial score (nSPS) is 11.0. The van der Waals surface area contributed by atoms with E-state index < -0.39 is 0 Å². The van der Waals surface area contributed by atoms with E-state index in [4.69, 9.17) is 15.0 Å². The maximum absolute atomic E-state index is 4.76. The quantitative estimate of drug-likeness (QED) is 0.107. The van der Waals surface area contributed by atoms with Gasteiger partial charge in [0, 0.05) is 69.5 Å². The number of anilines is 6. The monoisotopic (exact) mass is 985 g/mol. The van der Waals surface area contributed by atoms with Gasteiger partial charge in [-0.2, -0.15) is 0 Å². The fraction of sp³-hybridized carbons (Fsp3) is 0.174. The molecule has 3 N–H and O–H groups in total. The van der Waals surface area contributed by atoms with Gasteiger partial charge >= 0.3 is 0 Å². The topological polar surface area (TPSA) is 73.2 Å². The number of hydrogen-bond acceptors (Lipinski definition) is 6. The van der Waals surface area contributed by atoms with Gasteiger partial charge in [0.2, 0.25) is 0 Å². The predicted octanol–water partition coefficient (Wildman–Crippen LogP) is 19.2. The average molecular weight is 985 g/mol. The van der Waals surface area contributed by atoms with E-state index in [0.717, 1.165) is 67.9 Å². The summed E-state index contributed by atoms with van der Waals surface area (Å²) in [6, 6.07) is 62.7. The van der Waals surface area contributed by atoms with Gasteiger partial charge in [0.05, 0.1) is 17.1 Å². The zero-order chi connectivity index (χ0) is 53.4. The first kappa shape index (κ1) is 54.2. The summed E-state index contributed by atoms with van der Waals surface area (Å²) >= 11 is 0. The van der Waals surface area contributed by atoms with Crippen LogP contribution in [0.5, 0.6) is 0 Å². The SMILES string of the molecule is Cc1cccc(C)c1N=Cc1ccccc1Nc1c(C)cccc1C.Cc1cccc(C)c1N=Cc1ccccc1Nc1c(C)cccc1C.Cc1cccc(C)c1N=Cc1ccccc1Nc1c(C)cccc1C. The zero-order valence-electron chi connectivity index (χ0n) is 45.9. The molecule has 0 aliphatic heterocycles. The molecule has 0 aliphatic rings. The van der Waals surface area contributed by atoms with E-state index in [1.54, 1.807) is 0 Å². The van der Waals surface area contributed by atoms with Crippen LogP contribution in [0.2, 0.25) is 0 Å². The molecule has 0 saturated heterocycles. The maximum atomic E-state index is 4.76. The number of aryl methyl sites for hydroxylation is 12. The fourth-order valence-corrected chi connectivity index (χ4v) is 9.04. The molecule has 0 unspecified atom stereocenters. The van der Waals surface area contributed by atoms with E-state index in [1.807, 2.05) is 55.0 Å². The summed E-state index contributed by atoms with van der Waals surface area (Å²) in [6.45, 7) is 25.4. The molecule has 0 amide bonds. The number of aliphatic imine (C=N–C) groups is 3. The van der Waals surface area contributed by atoms with Crippen LogP contribution in [0.1, 0.15) is 83.5 Å². The second kappa shape index (κ2) is 25.9. The molecule has 0 aromatic heterocycles. The number of hydrogen-bond donors (Lipinski definition) is 3. The Bertz CT molecular complexity index is 3020. The van der Waals surface area contributed by atoms with Crippen LogP contribution in [-0.2, 0) is 0 Å². The van der Waals surface area contributed by atoms with E-state index in [0.29, 0.717) is 0 Å². The molecule has 0 atom stereocenters. The summed E-state index contributed by atoms with van der Waals surface area (Å²) in [4.78, 5) is 14.3. The standard InChI is InChI=1S/3C23H24N2/c3*1-16-9-7-10-17(2)22(16)24-15-20-13-5-6-14-21(20)25-23-18(3)11-8-12-19(23)4/h3*5-15,25H,1-4H3. The van der Waals surface area contributed by atoms with Crippen LogP contribution in [0.25, 0.3) is 0 Å². The Kier molecular flexibility index (Phi) is 18.7. The van der Waals surface area contributed by atoms with Crippen molar-refractivity contribution in [2.45, 2.75) is 83.1 Å². The van der Waals surface area contributed by atoms with Gasteiger partial charge in [0.15, 0.2) is 0 Å². The molecule has 9 rings (SSSR count). The molecule has 0 radical (unpaired) electrons. The Balaban J connectivity index is 0.000000164. The molecule has 0 spiro atoms. The van der Waals surface area contributed by atoms with Crippen molar-refractivity contribution in [2.24, 2.45) is 15.0 Å². The summed E-state index contributed by atoms with van der Waals surface area (Å²) in [5, 5.41) is 10.8. The van der Waals surface area contributed by atoms with Crippen molar-refractivity contribution in [3.63, 3.8) is 0 Å². The molecule has 75 heavy (non-hydrogen) atoms. The highest BCUT2D eigenvalue weighted by molar-refractivity contribution is 5.93. The number of rotatable bonds is 12. The highest BCUT2D eigenvalue weighted by Crippen LogP contribution is 2.31. The van der Waals surface area contributed by atoms with Crippen molar-refractivity contribution in [3.8, 4) is 0 Å². The Morgan fingerprint density at radius 1 is 0.227 bits per heavy atom. The third-order valence-electron chi connectivity index (χ3n) is 13.4. The molecule has 0 saturated carbocycles. The van der Waals surface area contributed by atoms with Gasteiger partial charge in [-0.25, -0.2) is 0 Å². The molecule has 0 heterocycles. The molecule has 0 bridgehead atoms. The van der Waals surface area contributed by atoms with E-state index in [2.05, 4.69) is 245 Å². The highest BCUT2D eigenvalue weighted by atomic mass is 14.9. The van der Waals surface area contributed by atoms with Gasteiger partial charge in [-0.1, -0.05) is 164 Å². The van der Waals surface area contributed by atoms with Gasteiger partial charge in [-0.15, -0.1) is 0 Å². The Labute approximate surface area is 447 Å². The van der Waals surface area contributed by atoms with Gasteiger partial charge < -0.3 is 16.0 Å². The molecule has 9 aromatic carbocycles. The molecule has 6 nitrogen and oxygen atoms in total. The maximum Gasteiger partial charge on any atom is 0.0688 e. The van der Waals surface area contributed by atoms with Crippen LogP contribution in [0.15, 0.2) is 197 Å². The molecule has 0 aliphatic carbocycles. The van der Waals surface area contributed by atoms with Crippen LogP contribution in [-0.4, -0.2) is 18.6 Å². The van der Waals surface area contributed by atoms with Crippen LogP contribution in [0, 0.1) is 83.1 Å². The third kappa shape index (κ3) is 14.3. The van der Waals surface area contributed by atoms with E-state index in [1.165, 1.54) is 66.8 Å². The van der Waals surface area contributed by atoms with Gasteiger partial charge in [0.25, 0.3) is 0 Å². The van der Waals surface area contributed by atoms with Crippen molar-refractivity contribution in [3.05, 3.63) is 265 Å². The minimum absolute atomic E-state index is 1.05. The lowest BCUT2D eigenvalue weighted by molar-refractivity contribution is 1.33. The lowest BCUT2D eigenvalue weighted by atomic mass is 10.1. The van der Waals surface area contributed by atoms with E-state index in [9.17, 15) is 0 Å². The molecule has 0 fully saturated rings. The van der Waals surface area contributed by atoms with Gasteiger partial charge in [-0.05, 0) is 168 Å². The van der Waals surface area contributed by atoms with E-state index in [-0.39, 0.29) is 0 Å². The van der Waals surface area contributed by atoms with Crippen molar-refractivity contribution in [1.82, 2.24) is 0 Å². The highest BCUT2D eigenvalue weighted by Gasteiger charge is 2.10. The summed E-state index contributed by atoms with van der Waals surface area (Å²) in [7, 11) is 0. The molecular weight excluding hydrogens is 913 g/mol. The lowest BCUT2D eigenvalue weighted by Gasteiger charge is -2.14. The van der Waals surface area contributed by atoms with Crippen molar-refractivity contribution < 1.29 is 0 Å². The van der Waals surface area contributed by atoms with Crippen molar-refractivity contribution in [1.29, 1.82) is 0 Å². The van der Waals surface area contributed by atoms with Crippen LogP contribution < -0.4 is 16.0 Å². The van der Waals surface area contributed by atoms with Gasteiger partial charge in [0.1, 0.15) is 0 Å². The summed E-state index contributed by atoms with van der Waals surface area (Å²) in [6.07, 6.45) is 5.85. The summed E-state index contributed by atoms with van der Waals surface area (Å²) in [5.74, 6) is 0. The van der Waals surface area contributed by atoms with E-state index >= 15 is 0 Å². The molecule has 6 heteroatoms. The smallest absolute Gasteiger partial charge is 0.0688 e. The second-order valence-corrected chi connectivity index (χ2v) is 19.4. The van der Waals surface area contributed by atoms with Crippen molar-refractivity contribution in [2.75, 3.05) is 16.0 Å². The Morgan fingerprint density at radius 2 is 0.413 bits per heavy atom. The summed E-state index contributed by atoms with van der Waals surface area (Å²) in [5.41, 5.74) is 27.6. The van der Waals surface area contributed by atoms with Gasteiger partial charge in [-0.3, -0.25) is 15.0 Å². The number of benzene rings is 9. The number of nitrogens with one attached hydrogen (secondary N) is 3. The summed E-state index contributed by atoms with van der Waals surface area (Å²) < 4.78 is 0. The van der Waals surface area contributed by atoms with Crippen LogP contribution in [0.4, 0.5) is 51.2 Å². The lowest BCUT2D eigenvalue weighted by Crippen LogP contribution is -1.99. The fourth-order valence-electron chi connectivity index (χ4n) is 9.04.